The molecule has 116 valence electrons. The second-order valence-electron chi connectivity index (χ2n) is 6.59. The molecule has 0 radical (unpaired) electrons. The van der Waals surface area contributed by atoms with Crippen molar-refractivity contribution < 1.29 is 9.53 Å². The first-order valence-corrected chi connectivity index (χ1v) is 8.24. The van der Waals surface area contributed by atoms with Gasteiger partial charge in [0.1, 0.15) is 0 Å². The Morgan fingerprint density at radius 3 is 2.85 bits per heavy atom. The van der Waals surface area contributed by atoms with Crippen LogP contribution in [0.5, 0.6) is 0 Å². The van der Waals surface area contributed by atoms with Gasteiger partial charge in [-0.1, -0.05) is 6.42 Å². The second-order valence-corrected chi connectivity index (χ2v) is 6.59. The van der Waals surface area contributed by atoms with E-state index in [9.17, 15) is 4.79 Å². The summed E-state index contributed by atoms with van der Waals surface area (Å²) in [5, 5.41) is 6.62. The molecule has 1 aliphatic heterocycles. The fourth-order valence-electron chi connectivity index (χ4n) is 3.41. The maximum absolute atomic E-state index is 12.3. The monoisotopic (exact) mass is 282 g/mol. The Kier molecular flexibility index (Phi) is 5.85. The summed E-state index contributed by atoms with van der Waals surface area (Å²) in [6.07, 6.45) is 6.81. The third-order valence-corrected chi connectivity index (χ3v) is 5.03. The van der Waals surface area contributed by atoms with Gasteiger partial charge in [-0.3, -0.25) is 4.79 Å². The van der Waals surface area contributed by atoms with E-state index in [1.165, 1.54) is 19.3 Å². The fraction of sp³-hybridized carbons (Fsp3) is 0.938. The number of hydrogen-bond donors (Lipinski definition) is 2. The first-order valence-electron chi connectivity index (χ1n) is 8.24. The summed E-state index contributed by atoms with van der Waals surface area (Å²) in [5.74, 6) is 0.469. The minimum absolute atomic E-state index is 0.204. The van der Waals surface area contributed by atoms with E-state index in [0.717, 1.165) is 45.6 Å². The van der Waals surface area contributed by atoms with Crippen LogP contribution < -0.4 is 10.6 Å². The summed E-state index contributed by atoms with van der Waals surface area (Å²) in [5.41, 5.74) is 0.323. The van der Waals surface area contributed by atoms with Crippen LogP contribution in [0.1, 0.15) is 52.4 Å². The van der Waals surface area contributed by atoms with E-state index in [1.807, 2.05) is 6.92 Å². The summed E-state index contributed by atoms with van der Waals surface area (Å²) in [4.78, 5) is 12.3. The predicted octanol–water partition coefficient (Wildman–Crippen LogP) is 2.09. The minimum atomic E-state index is 0.204. The highest BCUT2D eigenvalue weighted by Gasteiger charge is 2.37. The van der Waals surface area contributed by atoms with E-state index in [4.69, 9.17) is 4.74 Å². The molecule has 1 heterocycles. The van der Waals surface area contributed by atoms with Gasteiger partial charge in [0.05, 0.1) is 0 Å². The lowest BCUT2D eigenvalue weighted by Gasteiger charge is -2.42. The Hall–Kier alpha value is -0.610. The van der Waals surface area contributed by atoms with Gasteiger partial charge < -0.3 is 15.4 Å². The van der Waals surface area contributed by atoms with Crippen LogP contribution in [0.25, 0.3) is 0 Å². The summed E-state index contributed by atoms with van der Waals surface area (Å²) in [6.45, 7) is 7.63. The Morgan fingerprint density at radius 2 is 2.25 bits per heavy atom. The van der Waals surface area contributed by atoms with Gasteiger partial charge in [0.2, 0.25) is 5.91 Å². The van der Waals surface area contributed by atoms with E-state index in [1.54, 1.807) is 0 Å². The van der Waals surface area contributed by atoms with Crippen molar-refractivity contribution in [1.29, 1.82) is 0 Å². The van der Waals surface area contributed by atoms with E-state index in [2.05, 4.69) is 17.6 Å². The normalized spacial score (nSPS) is 28.7. The molecule has 2 rings (SSSR count). The van der Waals surface area contributed by atoms with Crippen molar-refractivity contribution >= 4 is 5.91 Å². The van der Waals surface area contributed by atoms with Crippen molar-refractivity contribution in [2.75, 3.05) is 26.3 Å². The van der Waals surface area contributed by atoms with Crippen molar-refractivity contribution in [3.8, 4) is 0 Å². The van der Waals surface area contributed by atoms with Crippen molar-refractivity contribution in [3.63, 3.8) is 0 Å². The molecule has 4 nitrogen and oxygen atoms in total. The van der Waals surface area contributed by atoms with Gasteiger partial charge in [0.15, 0.2) is 0 Å². The third kappa shape index (κ3) is 4.19. The molecule has 0 spiro atoms. The Balaban J connectivity index is 1.73. The molecule has 1 saturated heterocycles. The molecule has 0 aromatic rings. The zero-order chi connectivity index (χ0) is 14.4. The molecule has 20 heavy (non-hydrogen) atoms. The van der Waals surface area contributed by atoms with Crippen LogP contribution in [0.2, 0.25) is 0 Å². The molecular formula is C16H30N2O2. The average molecular weight is 282 g/mol. The largest absolute Gasteiger partial charge is 0.382 e. The van der Waals surface area contributed by atoms with Gasteiger partial charge in [-0.05, 0) is 57.9 Å². The lowest BCUT2D eigenvalue weighted by molar-refractivity contribution is -0.127. The molecule has 1 saturated carbocycles. The number of carbonyl (C=O) groups is 1. The summed E-state index contributed by atoms with van der Waals surface area (Å²) >= 11 is 0. The number of rotatable bonds is 7. The molecule has 2 aliphatic rings. The van der Waals surface area contributed by atoms with Gasteiger partial charge in [0.25, 0.3) is 0 Å². The molecule has 0 aromatic heterocycles. The first kappa shape index (κ1) is 15.8. The molecule has 2 fully saturated rings. The molecule has 0 aromatic carbocycles. The molecular weight excluding hydrogens is 252 g/mol. The van der Waals surface area contributed by atoms with Crippen molar-refractivity contribution in [3.05, 3.63) is 0 Å². The number of ether oxygens (including phenoxy) is 1. The molecule has 2 atom stereocenters. The maximum Gasteiger partial charge on any atom is 0.223 e. The molecule has 1 aliphatic carbocycles. The summed E-state index contributed by atoms with van der Waals surface area (Å²) < 4.78 is 5.48. The maximum atomic E-state index is 12.3. The van der Waals surface area contributed by atoms with Crippen LogP contribution in [0.4, 0.5) is 0 Å². The highest BCUT2D eigenvalue weighted by atomic mass is 16.5. The Labute approximate surface area is 123 Å². The zero-order valence-electron chi connectivity index (χ0n) is 13.0. The van der Waals surface area contributed by atoms with Crippen LogP contribution in [-0.2, 0) is 9.53 Å². The summed E-state index contributed by atoms with van der Waals surface area (Å²) in [6, 6.07) is 0.468. The van der Waals surface area contributed by atoms with Crippen molar-refractivity contribution in [2.45, 2.75) is 58.4 Å². The zero-order valence-corrected chi connectivity index (χ0v) is 13.0. The van der Waals surface area contributed by atoms with Crippen molar-refractivity contribution in [2.24, 2.45) is 11.3 Å². The topological polar surface area (TPSA) is 50.4 Å². The van der Waals surface area contributed by atoms with Crippen molar-refractivity contribution in [1.82, 2.24) is 10.6 Å². The van der Waals surface area contributed by atoms with Crippen LogP contribution in [0.3, 0.4) is 0 Å². The quantitative estimate of drug-likeness (QED) is 0.703. The van der Waals surface area contributed by atoms with E-state index >= 15 is 0 Å². The predicted molar refractivity (Wildman–Crippen MR) is 80.6 cm³/mol. The Morgan fingerprint density at radius 1 is 1.45 bits per heavy atom. The number of nitrogens with one attached hydrogen (secondary N) is 2. The average Bonchev–Trinajstić information content (AvgIpc) is 2.40. The smallest absolute Gasteiger partial charge is 0.223 e. The third-order valence-electron chi connectivity index (χ3n) is 5.03. The second kappa shape index (κ2) is 7.41. The van der Waals surface area contributed by atoms with Gasteiger partial charge in [-0.15, -0.1) is 0 Å². The van der Waals surface area contributed by atoms with E-state index in [-0.39, 0.29) is 11.8 Å². The van der Waals surface area contributed by atoms with Gasteiger partial charge >= 0.3 is 0 Å². The Bertz CT molecular complexity index is 316. The van der Waals surface area contributed by atoms with E-state index in [0.29, 0.717) is 11.5 Å². The van der Waals surface area contributed by atoms with Crippen LogP contribution >= 0.6 is 0 Å². The van der Waals surface area contributed by atoms with Gasteiger partial charge in [-0.2, -0.15) is 0 Å². The minimum Gasteiger partial charge on any atom is -0.382 e. The highest BCUT2D eigenvalue weighted by Crippen LogP contribution is 2.43. The highest BCUT2D eigenvalue weighted by molar-refractivity contribution is 5.78. The fourth-order valence-corrected chi connectivity index (χ4v) is 3.41. The number of carbonyl (C=O) groups excluding carboxylic acids is 1. The standard InChI is InChI=1S/C16H30N2O2/c1-3-20-10-8-16(6-4-7-16)12-18-15(19)14-5-9-17-13(2)11-14/h13-14,17H,3-12H2,1-2H3,(H,18,19)/t13-,14-/m0/s1. The number of hydrogen-bond acceptors (Lipinski definition) is 3. The first-order chi connectivity index (χ1) is 9.65. The molecule has 0 bridgehead atoms. The number of amides is 1. The van der Waals surface area contributed by atoms with Gasteiger partial charge in [-0.25, -0.2) is 0 Å². The molecule has 2 N–H and O–H groups in total. The number of piperidine rings is 1. The lowest BCUT2D eigenvalue weighted by Crippen LogP contribution is -2.47. The lowest BCUT2D eigenvalue weighted by atomic mass is 9.66. The molecule has 4 heteroatoms. The van der Waals surface area contributed by atoms with Crippen LogP contribution in [-0.4, -0.2) is 38.3 Å². The summed E-state index contributed by atoms with van der Waals surface area (Å²) in [7, 11) is 0. The van der Waals surface area contributed by atoms with Crippen LogP contribution in [0, 0.1) is 11.3 Å². The van der Waals surface area contributed by atoms with Gasteiger partial charge in [0, 0.05) is 31.7 Å². The SMILES string of the molecule is CCOCCC1(CNC(=O)[C@H]2CCN[C@@H](C)C2)CCC1. The molecule has 0 unspecified atom stereocenters. The van der Waals surface area contributed by atoms with Crippen LogP contribution in [0.15, 0.2) is 0 Å². The molecule has 1 amide bonds. The van der Waals surface area contributed by atoms with E-state index < -0.39 is 0 Å².